The molecule has 0 N–H and O–H groups in total. The van der Waals surface area contributed by atoms with E-state index in [9.17, 15) is 9.18 Å². The third kappa shape index (κ3) is 4.54. The van der Waals surface area contributed by atoms with E-state index in [0.29, 0.717) is 28.7 Å². The molecule has 1 aliphatic heterocycles. The summed E-state index contributed by atoms with van der Waals surface area (Å²) in [5.74, 6) is -0.242. The van der Waals surface area contributed by atoms with Gasteiger partial charge in [0.25, 0.3) is 0 Å². The number of benzene rings is 2. The molecule has 2 aromatic carbocycles. The van der Waals surface area contributed by atoms with Crippen LogP contribution in [0.4, 0.5) is 4.39 Å². The molecule has 7 heteroatoms. The van der Waals surface area contributed by atoms with Gasteiger partial charge in [-0.3, -0.25) is 4.79 Å². The first kappa shape index (κ1) is 19.7. The van der Waals surface area contributed by atoms with Crippen LogP contribution in [-0.4, -0.2) is 34.1 Å². The highest BCUT2D eigenvalue weighted by Crippen LogP contribution is 2.33. The highest BCUT2D eigenvalue weighted by Gasteiger charge is 2.26. The molecule has 29 heavy (non-hydrogen) atoms. The summed E-state index contributed by atoms with van der Waals surface area (Å²) in [4.78, 5) is 14.5. The highest BCUT2D eigenvalue weighted by atomic mass is 35.5. The van der Waals surface area contributed by atoms with Crippen LogP contribution in [0.5, 0.6) is 0 Å². The van der Waals surface area contributed by atoms with Crippen molar-refractivity contribution in [2.24, 2.45) is 0 Å². The summed E-state index contributed by atoms with van der Waals surface area (Å²) < 4.78 is 14.0. The Morgan fingerprint density at radius 1 is 1.17 bits per heavy atom. The van der Waals surface area contributed by atoms with E-state index in [1.165, 1.54) is 17.4 Å². The zero-order valence-corrected chi connectivity index (χ0v) is 17.2. The Morgan fingerprint density at radius 3 is 2.79 bits per heavy atom. The molecule has 1 atom stereocenters. The van der Waals surface area contributed by atoms with Gasteiger partial charge in [-0.1, -0.05) is 53.3 Å². The Morgan fingerprint density at radius 2 is 1.97 bits per heavy atom. The minimum absolute atomic E-state index is 0.0477. The van der Waals surface area contributed by atoms with Crippen LogP contribution in [0.15, 0.2) is 54.6 Å². The molecular weight excluding hydrogens is 409 g/mol. The second kappa shape index (κ2) is 8.84. The van der Waals surface area contributed by atoms with Gasteiger partial charge in [0.05, 0.1) is 0 Å². The lowest BCUT2D eigenvalue weighted by atomic mass is 9.98. The van der Waals surface area contributed by atoms with Crippen LogP contribution in [0.1, 0.15) is 29.3 Å². The quantitative estimate of drug-likeness (QED) is 0.522. The summed E-state index contributed by atoms with van der Waals surface area (Å²) in [7, 11) is 0. The van der Waals surface area contributed by atoms with Crippen molar-refractivity contribution < 1.29 is 9.18 Å². The van der Waals surface area contributed by atoms with Crippen LogP contribution in [0.2, 0.25) is 5.02 Å². The first-order valence-electron chi connectivity index (χ1n) is 9.41. The molecule has 2 heterocycles. The minimum atomic E-state index is -0.305. The van der Waals surface area contributed by atoms with E-state index in [-0.39, 0.29) is 17.6 Å². The normalized spacial score (nSPS) is 17.0. The molecule has 0 radical (unpaired) electrons. The van der Waals surface area contributed by atoms with Crippen molar-refractivity contribution in [2.45, 2.75) is 18.8 Å². The van der Waals surface area contributed by atoms with Crippen molar-refractivity contribution in [1.29, 1.82) is 0 Å². The highest BCUT2D eigenvalue weighted by molar-refractivity contribution is 7.14. The van der Waals surface area contributed by atoms with E-state index in [1.807, 2.05) is 23.1 Å². The number of amides is 1. The molecule has 1 aliphatic rings. The fourth-order valence-electron chi connectivity index (χ4n) is 3.40. The number of hydrogen-bond acceptors (Lipinski definition) is 4. The molecule has 1 saturated heterocycles. The van der Waals surface area contributed by atoms with E-state index in [2.05, 4.69) is 10.2 Å². The predicted octanol–water partition coefficient (Wildman–Crippen LogP) is 5.42. The monoisotopic (exact) mass is 427 g/mol. The van der Waals surface area contributed by atoms with Gasteiger partial charge in [0.2, 0.25) is 5.91 Å². The molecule has 0 saturated carbocycles. The van der Waals surface area contributed by atoms with Crippen LogP contribution in [0, 0.1) is 5.82 Å². The number of piperidine rings is 1. The fourth-order valence-corrected chi connectivity index (χ4v) is 4.59. The predicted molar refractivity (Wildman–Crippen MR) is 114 cm³/mol. The van der Waals surface area contributed by atoms with Crippen molar-refractivity contribution in [2.75, 3.05) is 13.1 Å². The van der Waals surface area contributed by atoms with Crippen LogP contribution >= 0.6 is 22.9 Å². The second-order valence-electron chi connectivity index (χ2n) is 6.90. The van der Waals surface area contributed by atoms with Gasteiger partial charge in [0.1, 0.15) is 10.8 Å². The lowest BCUT2D eigenvalue weighted by Crippen LogP contribution is -2.38. The summed E-state index contributed by atoms with van der Waals surface area (Å²) in [5, 5.41) is 10.5. The number of carbonyl (C=O) groups is 1. The lowest BCUT2D eigenvalue weighted by molar-refractivity contribution is -0.127. The number of aromatic nitrogens is 2. The topological polar surface area (TPSA) is 46.1 Å². The number of carbonyl (C=O) groups excluding carboxylic acids is 1. The Hall–Kier alpha value is -2.57. The summed E-state index contributed by atoms with van der Waals surface area (Å²) in [5.41, 5.74) is 1.28. The van der Waals surface area contributed by atoms with Crippen molar-refractivity contribution in [3.8, 4) is 10.6 Å². The van der Waals surface area contributed by atoms with Gasteiger partial charge in [-0.15, -0.1) is 10.2 Å². The Kier molecular flexibility index (Phi) is 6.02. The van der Waals surface area contributed by atoms with Gasteiger partial charge in [-0.05, 0) is 42.7 Å². The minimum Gasteiger partial charge on any atom is -0.338 e. The molecule has 1 fully saturated rings. The first-order chi connectivity index (χ1) is 14.1. The molecule has 4 rings (SSSR count). The maximum atomic E-state index is 14.0. The molecule has 0 spiro atoms. The van der Waals surface area contributed by atoms with Gasteiger partial charge in [-0.25, -0.2) is 4.39 Å². The standard InChI is InChI=1S/C22H19ClFN3OS/c23-18-9-3-1-6-15(18)11-12-20(28)27-13-5-7-16(14-27)21-25-26-22(29-21)17-8-2-4-10-19(17)24/h1-4,6,8-12,16H,5,7,13-14H2. The van der Waals surface area contributed by atoms with Crippen LogP contribution < -0.4 is 0 Å². The van der Waals surface area contributed by atoms with Crippen molar-refractivity contribution in [1.82, 2.24) is 15.1 Å². The summed E-state index contributed by atoms with van der Waals surface area (Å²) in [6.07, 6.45) is 5.14. The Bertz CT molecular complexity index is 1050. The van der Waals surface area contributed by atoms with E-state index in [0.717, 1.165) is 23.4 Å². The molecule has 1 aromatic heterocycles. The maximum absolute atomic E-state index is 14.0. The molecule has 0 aliphatic carbocycles. The summed E-state index contributed by atoms with van der Waals surface area (Å²) in [6.45, 7) is 1.29. The fraction of sp³-hybridized carbons (Fsp3) is 0.227. The SMILES string of the molecule is O=C(C=Cc1ccccc1Cl)N1CCCC(c2nnc(-c3ccccc3F)s2)C1. The van der Waals surface area contributed by atoms with Crippen molar-refractivity contribution >= 4 is 34.9 Å². The zero-order valence-electron chi connectivity index (χ0n) is 15.6. The Labute approximate surface area is 177 Å². The molecule has 1 unspecified atom stereocenters. The number of rotatable bonds is 4. The smallest absolute Gasteiger partial charge is 0.246 e. The van der Waals surface area contributed by atoms with Gasteiger partial charge in [0.15, 0.2) is 5.01 Å². The number of nitrogens with zero attached hydrogens (tertiary/aromatic N) is 3. The van der Waals surface area contributed by atoms with E-state index < -0.39 is 0 Å². The molecule has 148 valence electrons. The largest absolute Gasteiger partial charge is 0.338 e. The van der Waals surface area contributed by atoms with Gasteiger partial charge < -0.3 is 4.90 Å². The van der Waals surface area contributed by atoms with Crippen LogP contribution in [0.3, 0.4) is 0 Å². The molecule has 0 bridgehead atoms. The number of likely N-dealkylation sites (tertiary alicyclic amines) is 1. The van der Waals surface area contributed by atoms with E-state index in [4.69, 9.17) is 11.6 Å². The van der Waals surface area contributed by atoms with Crippen molar-refractivity contribution in [3.05, 3.63) is 76.0 Å². The average Bonchev–Trinajstić information content (AvgIpc) is 3.23. The molecule has 4 nitrogen and oxygen atoms in total. The van der Waals surface area contributed by atoms with E-state index in [1.54, 1.807) is 36.4 Å². The summed E-state index contributed by atoms with van der Waals surface area (Å²) in [6, 6.07) is 14.0. The maximum Gasteiger partial charge on any atom is 0.246 e. The number of halogens is 2. The lowest BCUT2D eigenvalue weighted by Gasteiger charge is -2.30. The van der Waals surface area contributed by atoms with Crippen molar-refractivity contribution in [3.63, 3.8) is 0 Å². The van der Waals surface area contributed by atoms with Gasteiger partial charge >= 0.3 is 0 Å². The molecular formula is C22H19ClFN3OS. The third-order valence-corrected chi connectivity index (χ3v) is 6.40. The molecule has 1 amide bonds. The summed E-state index contributed by atoms with van der Waals surface area (Å²) >= 11 is 7.54. The molecule has 3 aromatic rings. The van der Waals surface area contributed by atoms with Gasteiger partial charge in [0, 0.05) is 35.7 Å². The average molecular weight is 428 g/mol. The number of hydrogen-bond donors (Lipinski definition) is 0. The third-order valence-electron chi connectivity index (χ3n) is 4.94. The second-order valence-corrected chi connectivity index (χ2v) is 8.32. The van der Waals surface area contributed by atoms with E-state index >= 15 is 0 Å². The van der Waals surface area contributed by atoms with Gasteiger partial charge in [-0.2, -0.15) is 0 Å². The zero-order chi connectivity index (χ0) is 20.2. The van der Waals surface area contributed by atoms with Crippen LogP contribution in [-0.2, 0) is 4.79 Å². The van der Waals surface area contributed by atoms with Crippen LogP contribution in [0.25, 0.3) is 16.6 Å². The Balaban J connectivity index is 1.45. The first-order valence-corrected chi connectivity index (χ1v) is 10.6.